The van der Waals surface area contributed by atoms with Gasteiger partial charge < -0.3 is 14.5 Å². The maximum absolute atomic E-state index is 11.7. The van der Waals surface area contributed by atoms with Crippen LogP contribution in [-0.4, -0.2) is 37.8 Å². The maximum Gasteiger partial charge on any atom is 0.351 e. The number of hydrogen-bond donors (Lipinski definition) is 0. The Kier molecular flexibility index (Phi) is 6.78. The molecule has 0 spiro atoms. The fourth-order valence-corrected chi connectivity index (χ4v) is 4.58. The van der Waals surface area contributed by atoms with E-state index < -0.39 is 5.97 Å². The summed E-state index contributed by atoms with van der Waals surface area (Å²) in [6.07, 6.45) is 1.13. The molecule has 31 heavy (non-hydrogen) atoms. The van der Waals surface area contributed by atoms with E-state index in [4.69, 9.17) is 4.74 Å². The van der Waals surface area contributed by atoms with Gasteiger partial charge in [-0.3, -0.25) is 0 Å². The molecule has 0 atom stereocenters. The zero-order chi connectivity index (χ0) is 22.7. The second kappa shape index (κ2) is 9.33. The summed E-state index contributed by atoms with van der Waals surface area (Å²) in [5.74, 6) is 0.221. The lowest BCUT2D eigenvalue weighted by Gasteiger charge is -2.27. The first kappa shape index (κ1) is 22.5. The number of carbonyl (C=O) groups excluding carboxylic acids is 1. The van der Waals surface area contributed by atoms with Crippen molar-refractivity contribution in [3.63, 3.8) is 0 Å². The van der Waals surface area contributed by atoms with Crippen LogP contribution < -0.4 is 9.80 Å². The van der Waals surface area contributed by atoms with Crippen molar-refractivity contribution in [1.82, 2.24) is 0 Å². The zero-order valence-corrected chi connectivity index (χ0v) is 19.6. The third-order valence-corrected chi connectivity index (χ3v) is 5.44. The molecule has 0 aromatic heterocycles. The number of nitrogens with zero attached hydrogens (tertiary/aromatic N) is 4. The molecule has 1 aliphatic rings. The fraction of sp³-hybridized carbons (Fsp3) is 0.400. The fourth-order valence-electron chi connectivity index (χ4n) is 4.58. The number of hydrogen-bond acceptors (Lipinski definition) is 4. The van der Waals surface area contributed by atoms with Gasteiger partial charge in [-0.25, -0.2) is 4.79 Å². The Morgan fingerprint density at radius 1 is 0.871 bits per heavy atom. The number of aryl methyl sites for hydroxylation is 6. The van der Waals surface area contributed by atoms with E-state index in [9.17, 15) is 4.79 Å². The summed E-state index contributed by atoms with van der Waals surface area (Å²) in [5, 5.41) is 8.59. The van der Waals surface area contributed by atoms with Gasteiger partial charge >= 0.3 is 5.97 Å². The Hall–Kier alpha value is -3.15. The van der Waals surface area contributed by atoms with Gasteiger partial charge in [-0.15, -0.1) is 10.2 Å². The van der Waals surface area contributed by atoms with E-state index in [0.717, 1.165) is 30.7 Å². The van der Waals surface area contributed by atoms with Crippen LogP contribution in [-0.2, 0) is 9.53 Å². The van der Waals surface area contributed by atoms with Crippen molar-refractivity contribution < 1.29 is 9.53 Å². The molecule has 1 fully saturated rings. The molecule has 0 bridgehead atoms. The topological polar surface area (TPSA) is 57.5 Å². The van der Waals surface area contributed by atoms with Crippen LogP contribution in [0.3, 0.4) is 0 Å². The summed E-state index contributed by atoms with van der Waals surface area (Å²) < 4.78 is 4.95. The molecule has 0 amide bonds. The predicted octanol–water partition coefficient (Wildman–Crippen LogP) is 4.77. The van der Waals surface area contributed by atoms with Crippen molar-refractivity contribution in [1.29, 1.82) is 0 Å². The molecular formula is C25H32N4O2. The Morgan fingerprint density at radius 2 is 1.29 bits per heavy atom. The molecule has 1 heterocycles. The van der Waals surface area contributed by atoms with Crippen molar-refractivity contribution in [2.75, 3.05) is 29.5 Å². The quantitative estimate of drug-likeness (QED) is 0.397. The Balaban J connectivity index is 2.10. The average Bonchev–Trinajstić information content (AvgIpc) is 3.03. The van der Waals surface area contributed by atoms with Crippen molar-refractivity contribution in [2.45, 2.75) is 48.5 Å². The summed E-state index contributed by atoms with van der Waals surface area (Å²) in [7, 11) is 0. The lowest BCUT2D eigenvalue weighted by atomic mass is 10.0. The third-order valence-electron chi connectivity index (χ3n) is 5.44. The molecule has 0 saturated carbocycles. The van der Waals surface area contributed by atoms with Crippen molar-refractivity contribution in [2.24, 2.45) is 10.2 Å². The van der Waals surface area contributed by atoms with Crippen LogP contribution in [0.15, 0.2) is 34.5 Å². The molecule has 2 aromatic carbocycles. The molecule has 6 nitrogen and oxygen atoms in total. The van der Waals surface area contributed by atoms with Crippen molar-refractivity contribution in [3.8, 4) is 0 Å². The zero-order valence-electron chi connectivity index (χ0n) is 19.6. The van der Waals surface area contributed by atoms with E-state index in [0.29, 0.717) is 12.6 Å². The summed E-state index contributed by atoms with van der Waals surface area (Å²) >= 11 is 0. The van der Waals surface area contributed by atoms with Gasteiger partial charge in [0.05, 0.1) is 6.61 Å². The van der Waals surface area contributed by atoms with Gasteiger partial charge in [-0.1, -0.05) is 35.4 Å². The van der Waals surface area contributed by atoms with Crippen LogP contribution in [0, 0.1) is 41.5 Å². The summed E-state index contributed by atoms with van der Waals surface area (Å²) in [6.45, 7) is 16.4. The molecule has 0 N–H and O–H groups in total. The number of esters is 1. The summed E-state index contributed by atoms with van der Waals surface area (Å²) in [4.78, 5) is 16.1. The molecular weight excluding hydrogens is 388 g/mol. The van der Waals surface area contributed by atoms with Gasteiger partial charge in [0.25, 0.3) is 0 Å². The Labute approximate surface area is 185 Å². The molecule has 1 aliphatic heterocycles. The number of rotatable bonds is 5. The van der Waals surface area contributed by atoms with Crippen LogP contribution in [0.25, 0.3) is 0 Å². The summed E-state index contributed by atoms with van der Waals surface area (Å²) in [5.41, 5.74) is 9.52. The van der Waals surface area contributed by atoms with Crippen molar-refractivity contribution >= 4 is 29.5 Å². The first-order valence-electron chi connectivity index (χ1n) is 10.7. The average molecular weight is 421 g/mol. The highest BCUT2D eigenvalue weighted by molar-refractivity contribution is 6.23. The van der Waals surface area contributed by atoms with Crippen LogP contribution in [0.5, 0.6) is 0 Å². The van der Waals surface area contributed by atoms with Gasteiger partial charge in [0, 0.05) is 24.5 Å². The Morgan fingerprint density at radius 3 is 1.68 bits per heavy atom. The minimum Gasteiger partial charge on any atom is -0.462 e. The molecule has 6 heteroatoms. The van der Waals surface area contributed by atoms with E-state index >= 15 is 0 Å². The molecule has 2 aromatic rings. The predicted molar refractivity (Wildman–Crippen MR) is 129 cm³/mol. The molecule has 3 rings (SSSR count). The van der Waals surface area contributed by atoms with Crippen molar-refractivity contribution in [3.05, 3.63) is 57.6 Å². The van der Waals surface area contributed by atoms with Gasteiger partial charge in [0.2, 0.25) is 5.96 Å². The standard InChI is InChI=1S/C25H32N4O2/c1-8-31-22(30)15-26-27-25-28(23-18(4)11-16(2)12-19(23)5)9-10-29(25)24-20(6)13-17(3)14-21(24)7/h11-15H,8-10H2,1-7H3/b26-15+. The van der Waals surface area contributed by atoms with Crippen LogP contribution in [0.4, 0.5) is 11.4 Å². The summed E-state index contributed by atoms with van der Waals surface area (Å²) in [6, 6.07) is 8.75. The normalized spacial score (nSPS) is 14.0. The molecule has 0 aliphatic carbocycles. The second-order valence-corrected chi connectivity index (χ2v) is 8.19. The van der Waals surface area contributed by atoms with Crippen LogP contribution >= 0.6 is 0 Å². The highest BCUT2D eigenvalue weighted by atomic mass is 16.5. The monoisotopic (exact) mass is 420 g/mol. The van der Waals surface area contributed by atoms with Gasteiger partial charge in [-0.05, 0) is 70.7 Å². The van der Waals surface area contributed by atoms with Crippen LogP contribution in [0.2, 0.25) is 0 Å². The first-order valence-corrected chi connectivity index (χ1v) is 10.7. The molecule has 0 unspecified atom stereocenters. The minimum absolute atomic E-state index is 0.309. The van der Waals surface area contributed by atoms with E-state index in [1.807, 2.05) is 0 Å². The molecule has 1 saturated heterocycles. The SMILES string of the molecule is CCOC(=O)/C=N/N=C1N(c2c(C)cc(C)cc2C)CCN1c1c(C)cc(C)cc1C. The maximum atomic E-state index is 11.7. The second-order valence-electron chi connectivity index (χ2n) is 8.19. The molecule has 0 radical (unpaired) electrons. The van der Waals surface area contributed by atoms with E-state index in [-0.39, 0.29) is 0 Å². The number of carbonyl (C=O) groups is 1. The highest BCUT2D eigenvalue weighted by Crippen LogP contribution is 2.34. The van der Waals surface area contributed by atoms with Gasteiger partial charge in [0.1, 0.15) is 6.21 Å². The number of benzene rings is 2. The highest BCUT2D eigenvalue weighted by Gasteiger charge is 2.32. The number of guanidine groups is 1. The van der Waals surface area contributed by atoms with E-state index in [1.165, 1.54) is 33.4 Å². The first-order chi connectivity index (χ1) is 14.7. The number of ether oxygens (including phenoxy) is 1. The third kappa shape index (κ3) is 4.79. The lowest BCUT2D eigenvalue weighted by Crippen LogP contribution is -2.35. The minimum atomic E-state index is -0.492. The Bertz CT molecular complexity index is 942. The lowest BCUT2D eigenvalue weighted by molar-refractivity contribution is -0.134. The van der Waals surface area contributed by atoms with Gasteiger partial charge in [0.15, 0.2) is 0 Å². The molecule has 164 valence electrons. The smallest absolute Gasteiger partial charge is 0.351 e. The van der Waals surface area contributed by atoms with Gasteiger partial charge in [-0.2, -0.15) is 0 Å². The van der Waals surface area contributed by atoms with Crippen LogP contribution in [0.1, 0.15) is 40.3 Å². The number of anilines is 2. The van der Waals surface area contributed by atoms with E-state index in [1.54, 1.807) is 6.92 Å². The van der Waals surface area contributed by atoms with E-state index in [2.05, 4.69) is 85.8 Å². The largest absolute Gasteiger partial charge is 0.462 e.